The van der Waals surface area contributed by atoms with E-state index in [2.05, 4.69) is 15.5 Å². The lowest BCUT2D eigenvalue weighted by Crippen LogP contribution is -2.22. The van der Waals surface area contributed by atoms with Crippen LogP contribution in [0, 0.1) is 12.7 Å². The molecule has 1 amide bonds. The molecule has 37 heavy (non-hydrogen) atoms. The largest absolute Gasteiger partial charge is 0.474 e. The third-order valence-corrected chi connectivity index (χ3v) is 5.60. The molecular weight excluding hydrogens is 498 g/mol. The highest BCUT2D eigenvalue weighted by Crippen LogP contribution is 2.48. The van der Waals surface area contributed by atoms with Crippen LogP contribution in [0.1, 0.15) is 45.8 Å². The van der Waals surface area contributed by atoms with E-state index in [1.165, 1.54) is 24.3 Å². The van der Waals surface area contributed by atoms with Crippen molar-refractivity contribution in [2.75, 3.05) is 18.5 Å². The fraction of sp³-hybridized carbons (Fsp3) is 0.320. The van der Waals surface area contributed by atoms with Gasteiger partial charge in [-0.15, -0.1) is 5.10 Å². The van der Waals surface area contributed by atoms with Crippen LogP contribution in [-0.2, 0) is 6.18 Å². The fourth-order valence-corrected chi connectivity index (χ4v) is 3.60. The average molecular weight is 521 g/mol. The monoisotopic (exact) mass is 521 g/mol. The normalized spacial score (nSPS) is 14.2. The van der Waals surface area contributed by atoms with E-state index in [0.29, 0.717) is 18.4 Å². The van der Waals surface area contributed by atoms with E-state index >= 15 is 0 Å². The highest BCUT2D eigenvalue weighted by Gasteiger charge is 2.40. The summed E-state index contributed by atoms with van der Waals surface area (Å²) in [5.74, 6) is -1.76. The lowest BCUT2D eigenvalue weighted by molar-refractivity contribution is -0.138. The summed E-state index contributed by atoms with van der Waals surface area (Å²) in [5, 5.41) is 28.1. The molecule has 1 fully saturated rings. The summed E-state index contributed by atoms with van der Waals surface area (Å²) in [5.41, 5.74) is -0.849. The molecule has 12 heteroatoms. The molecule has 1 aromatic heterocycles. The lowest BCUT2D eigenvalue weighted by atomic mass is 9.98. The number of carbonyl (C=O) groups is 1. The Bertz CT molecular complexity index is 1300. The maximum Gasteiger partial charge on any atom is 0.416 e. The first-order valence-corrected chi connectivity index (χ1v) is 11.3. The van der Waals surface area contributed by atoms with E-state index in [4.69, 9.17) is 14.6 Å². The minimum Gasteiger partial charge on any atom is -0.474 e. The van der Waals surface area contributed by atoms with Gasteiger partial charge in [-0.05, 0) is 67.1 Å². The summed E-state index contributed by atoms with van der Waals surface area (Å²) in [6.07, 6.45) is -3.55. The Hall–Kier alpha value is -3.77. The molecule has 1 saturated carbocycles. The van der Waals surface area contributed by atoms with Crippen molar-refractivity contribution in [1.82, 2.24) is 10.2 Å². The van der Waals surface area contributed by atoms with E-state index in [9.17, 15) is 27.5 Å². The lowest BCUT2D eigenvalue weighted by Gasteiger charge is -2.19. The number of amides is 1. The Labute approximate surface area is 208 Å². The van der Waals surface area contributed by atoms with Gasteiger partial charge >= 0.3 is 6.18 Å². The molecule has 3 aromatic rings. The number of alkyl halides is 3. The number of hydrogen-bond acceptors (Lipinski definition) is 7. The van der Waals surface area contributed by atoms with Crippen LogP contribution in [0.3, 0.4) is 0 Å². The van der Waals surface area contributed by atoms with Gasteiger partial charge in [-0.3, -0.25) is 4.79 Å². The molecule has 0 saturated heterocycles. The van der Waals surface area contributed by atoms with Crippen molar-refractivity contribution in [3.05, 3.63) is 70.7 Å². The zero-order valence-electron chi connectivity index (χ0n) is 19.6. The smallest absolute Gasteiger partial charge is 0.416 e. The minimum absolute atomic E-state index is 0.0301. The van der Waals surface area contributed by atoms with E-state index < -0.39 is 41.7 Å². The van der Waals surface area contributed by atoms with Crippen molar-refractivity contribution in [3.8, 4) is 17.4 Å². The highest BCUT2D eigenvalue weighted by atomic mass is 19.4. The summed E-state index contributed by atoms with van der Waals surface area (Å²) in [6, 6.07) is 6.90. The molecule has 1 aliphatic rings. The molecule has 0 radical (unpaired) electrons. The second-order valence-electron chi connectivity index (χ2n) is 8.60. The van der Waals surface area contributed by atoms with Crippen LogP contribution in [0.4, 0.5) is 23.2 Å². The first-order valence-electron chi connectivity index (χ1n) is 11.3. The van der Waals surface area contributed by atoms with Crippen LogP contribution in [-0.4, -0.2) is 45.6 Å². The molecule has 1 unspecified atom stereocenters. The van der Waals surface area contributed by atoms with Crippen LogP contribution in [0.25, 0.3) is 0 Å². The molecule has 1 atom stereocenters. The van der Waals surface area contributed by atoms with Crippen molar-refractivity contribution >= 4 is 11.6 Å². The number of aromatic nitrogens is 2. The van der Waals surface area contributed by atoms with Gasteiger partial charge in [-0.1, -0.05) is 0 Å². The highest BCUT2D eigenvalue weighted by molar-refractivity contribution is 6.06. The summed E-state index contributed by atoms with van der Waals surface area (Å²) < 4.78 is 66.3. The summed E-state index contributed by atoms with van der Waals surface area (Å²) in [4.78, 5) is 13.2. The van der Waals surface area contributed by atoms with Crippen molar-refractivity contribution in [3.63, 3.8) is 0 Å². The SMILES string of the molecule is Cc1cc(F)ccc1Oc1cc(C2CC2)c(C(F)(F)F)cc1C(=O)Nc1cnnc(OCC(O)CO)c1. The Morgan fingerprint density at radius 1 is 1.19 bits per heavy atom. The summed E-state index contributed by atoms with van der Waals surface area (Å²) in [7, 11) is 0. The summed E-state index contributed by atoms with van der Waals surface area (Å²) in [6.45, 7) is 0.732. The predicted octanol–water partition coefficient (Wildman–Crippen LogP) is 4.60. The Morgan fingerprint density at radius 3 is 2.59 bits per heavy atom. The van der Waals surface area contributed by atoms with Gasteiger partial charge in [0.15, 0.2) is 0 Å². The second-order valence-corrected chi connectivity index (χ2v) is 8.60. The topological polar surface area (TPSA) is 114 Å². The molecule has 8 nitrogen and oxygen atoms in total. The number of rotatable bonds is 9. The number of nitrogens with zero attached hydrogens (tertiary/aromatic N) is 2. The second kappa shape index (κ2) is 10.7. The Kier molecular flexibility index (Phi) is 7.60. The maximum absolute atomic E-state index is 13.9. The first-order chi connectivity index (χ1) is 17.5. The van der Waals surface area contributed by atoms with Crippen molar-refractivity contribution in [2.45, 2.75) is 38.0 Å². The molecule has 2 aromatic carbocycles. The molecular formula is C25H23F4N3O5. The van der Waals surface area contributed by atoms with Crippen molar-refractivity contribution in [2.24, 2.45) is 0 Å². The molecule has 0 spiro atoms. The Balaban J connectivity index is 1.69. The quantitative estimate of drug-likeness (QED) is 0.353. The molecule has 196 valence electrons. The van der Waals surface area contributed by atoms with Crippen LogP contribution in [0.5, 0.6) is 17.4 Å². The number of aliphatic hydroxyl groups is 2. The molecule has 1 heterocycles. The number of benzene rings is 2. The molecule has 0 bridgehead atoms. The number of hydrogen-bond donors (Lipinski definition) is 3. The molecule has 4 rings (SSSR count). The van der Waals surface area contributed by atoms with Gasteiger partial charge in [-0.25, -0.2) is 4.39 Å². The third kappa shape index (κ3) is 6.52. The van der Waals surface area contributed by atoms with Gasteiger partial charge in [-0.2, -0.15) is 18.3 Å². The van der Waals surface area contributed by atoms with E-state index in [1.807, 2.05) is 0 Å². The molecule has 1 aliphatic carbocycles. The standard InChI is InChI=1S/C25H23F4N3O5/c1-13-6-15(26)4-5-21(13)37-22-9-18(14-2-3-14)20(25(27,28)29)8-19(22)24(35)31-16-7-23(32-30-10-16)36-12-17(34)11-33/h4-10,14,17,33-34H,2-3,11-12H2,1H3,(H,31,32,35). The average Bonchev–Trinajstić information content (AvgIpc) is 3.69. The van der Waals surface area contributed by atoms with Gasteiger partial charge in [0.1, 0.15) is 30.0 Å². The predicted molar refractivity (Wildman–Crippen MR) is 123 cm³/mol. The number of carbonyl (C=O) groups excluding carboxylic acids is 1. The zero-order chi connectivity index (χ0) is 26.7. The summed E-state index contributed by atoms with van der Waals surface area (Å²) >= 11 is 0. The number of ether oxygens (including phenoxy) is 2. The van der Waals surface area contributed by atoms with Gasteiger partial charge in [0, 0.05) is 6.07 Å². The van der Waals surface area contributed by atoms with Gasteiger partial charge in [0.05, 0.1) is 29.6 Å². The van der Waals surface area contributed by atoms with E-state index in [-0.39, 0.29) is 41.2 Å². The minimum atomic E-state index is -4.70. The number of aliphatic hydroxyl groups excluding tert-OH is 2. The molecule has 0 aliphatic heterocycles. The van der Waals surface area contributed by atoms with E-state index in [1.54, 1.807) is 6.92 Å². The number of halogens is 4. The fourth-order valence-electron chi connectivity index (χ4n) is 3.60. The van der Waals surface area contributed by atoms with Crippen LogP contribution in [0.2, 0.25) is 0 Å². The Morgan fingerprint density at radius 2 is 1.95 bits per heavy atom. The number of nitrogens with one attached hydrogen (secondary N) is 1. The molecule has 3 N–H and O–H groups in total. The van der Waals surface area contributed by atoms with Gasteiger partial charge in [0.2, 0.25) is 5.88 Å². The van der Waals surface area contributed by atoms with Crippen LogP contribution < -0.4 is 14.8 Å². The van der Waals surface area contributed by atoms with Crippen molar-refractivity contribution < 1.29 is 42.0 Å². The van der Waals surface area contributed by atoms with E-state index in [0.717, 1.165) is 18.3 Å². The van der Waals surface area contributed by atoms with Gasteiger partial charge < -0.3 is 25.0 Å². The maximum atomic E-state index is 13.9. The van der Waals surface area contributed by atoms with Crippen molar-refractivity contribution in [1.29, 1.82) is 0 Å². The zero-order valence-corrected chi connectivity index (χ0v) is 19.6. The first kappa shape index (κ1) is 26.3. The third-order valence-electron chi connectivity index (χ3n) is 5.60. The number of anilines is 1. The van der Waals surface area contributed by atoms with Gasteiger partial charge in [0.25, 0.3) is 5.91 Å². The number of aryl methyl sites for hydroxylation is 1. The van der Waals surface area contributed by atoms with Crippen LogP contribution in [0.15, 0.2) is 42.6 Å². The van der Waals surface area contributed by atoms with Crippen LogP contribution >= 0.6 is 0 Å².